The lowest BCUT2D eigenvalue weighted by atomic mass is 10.2. The third-order valence-corrected chi connectivity index (χ3v) is 5.91. The summed E-state index contributed by atoms with van der Waals surface area (Å²) in [4.78, 5) is 10.7. The van der Waals surface area contributed by atoms with Gasteiger partial charge >= 0.3 is 12.4 Å². The van der Waals surface area contributed by atoms with E-state index in [-0.39, 0.29) is 11.2 Å². The number of hydrogen-bond donors (Lipinski definition) is 0. The molecule has 30 heavy (non-hydrogen) atoms. The van der Waals surface area contributed by atoms with Crippen LogP contribution in [-0.2, 0) is 22.6 Å². The molecule has 0 fully saturated rings. The number of sulfone groups is 1. The Morgan fingerprint density at radius 1 is 1.03 bits per heavy atom. The third-order valence-electron chi connectivity index (χ3n) is 4.17. The van der Waals surface area contributed by atoms with Crippen molar-refractivity contribution in [3.05, 3.63) is 35.7 Å². The van der Waals surface area contributed by atoms with Gasteiger partial charge < -0.3 is 0 Å². The van der Waals surface area contributed by atoms with Crippen molar-refractivity contribution in [2.24, 2.45) is 0 Å². The molecule has 0 atom stereocenters. The van der Waals surface area contributed by atoms with Gasteiger partial charge in [-0.2, -0.15) is 26.3 Å². The second-order valence-corrected chi connectivity index (χ2v) is 8.71. The van der Waals surface area contributed by atoms with Crippen LogP contribution in [0, 0.1) is 6.92 Å². The zero-order valence-electron chi connectivity index (χ0n) is 15.5. The van der Waals surface area contributed by atoms with Crippen LogP contribution in [0.5, 0.6) is 0 Å². The lowest BCUT2D eigenvalue weighted by molar-refractivity contribution is -0.140. The highest BCUT2D eigenvalue weighted by molar-refractivity contribution is 7.91. The molecule has 13 heteroatoms. The summed E-state index contributed by atoms with van der Waals surface area (Å²) in [5.74, 6) is -1.12. The van der Waals surface area contributed by atoms with E-state index in [1.54, 1.807) is 6.92 Å². The molecule has 6 nitrogen and oxygen atoms in total. The minimum atomic E-state index is -4.89. The van der Waals surface area contributed by atoms with Crippen LogP contribution in [0.3, 0.4) is 0 Å². The van der Waals surface area contributed by atoms with Crippen LogP contribution < -0.4 is 0 Å². The number of fused-ring (bicyclic) bond motifs is 1. The molecule has 0 aliphatic carbocycles. The second kappa shape index (κ2) is 7.22. The van der Waals surface area contributed by atoms with Crippen molar-refractivity contribution in [1.29, 1.82) is 0 Å². The molecule has 3 rings (SSSR count). The number of imidazole rings is 1. The number of aryl methyl sites for hydroxylation is 1. The summed E-state index contributed by atoms with van der Waals surface area (Å²) in [5.41, 5.74) is -1.55. The van der Waals surface area contributed by atoms with Crippen LogP contribution in [-0.4, -0.2) is 39.9 Å². The van der Waals surface area contributed by atoms with Gasteiger partial charge in [0, 0.05) is 12.4 Å². The van der Waals surface area contributed by atoms with Gasteiger partial charge in [0.1, 0.15) is 17.8 Å². The van der Waals surface area contributed by atoms with Crippen LogP contribution in [0.15, 0.2) is 29.4 Å². The minimum Gasteiger partial charge on any atom is -0.298 e. The molecule has 0 N–H and O–H groups in total. The Labute approximate surface area is 166 Å². The first-order valence-electron chi connectivity index (χ1n) is 8.43. The fourth-order valence-corrected chi connectivity index (χ4v) is 3.84. The van der Waals surface area contributed by atoms with Crippen LogP contribution in [0.1, 0.15) is 18.1 Å². The maximum absolute atomic E-state index is 13.2. The zero-order valence-corrected chi connectivity index (χ0v) is 16.3. The van der Waals surface area contributed by atoms with Crippen molar-refractivity contribution < 1.29 is 34.8 Å². The van der Waals surface area contributed by atoms with Gasteiger partial charge in [-0.3, -0.25) is 9.55 Å². The Hall–Kier alpha value is -2.70. The largest absolute Gasteiger partial charge is 0.417 e. The fraction of sp³-hybridized carbons (Fsp3) is 0.353. The molecule has 0 saturated heterocycles. The van der Waals surface area contributed by atoms with Gasteiger partial charge in [0.2, 0.25) is 0 Å². The van der Waals surface area contributed by atoms with Crippen LogP contribution >= 0.6 is 0 Å². The first-order chi connectivity index (χ1) is 13.7. The average molecular weight is 452 g/mol. The smallest absolute Gasteiger partial charge is 0.298 e. The number of nitrogens with zero attached hydrogens (tertiary/aromatic N) is 4. The maximum atomic E-state index is 13.2. The maximum Gasteiger partial charge on any atom is 0.417 e. The number of rotatable bonds is 4. The van der Waals surface area contributed by atoms with E-state index in [1.165, 1.54) is 19.2 Å². The molecule has 0 aromatic carbocycles. The summed E-state index contributed by atoms with van der Waals surface area (Å²) in [5, 5.41) is 0. The highest BCUT2D eigenvalue weighted by Gasteiger charge is 2.36. The van der Waals surface area contributed by atoms with Gasteiger partial charge in [0.25, 0.3) is 0 Å². The van der Waals surface area contributed by atoms with E-state index in [0.29, 0.717) is 22.4 Å². The summed E-state index contributed by atoms with van der Waals surface area (Å²) >= 11 is 0. The van der Waals surface area contributed by atoms with Crippen LogP contribution in [0.4, 0.5) is 26.3 Å². The first kappa shape index (κ1) is 22.0. The fourth-order valence-electron chi connectivity index (χ4n) is 2.78. The molecule has 3 aromatic heterocycles. The highest BCUT2D eigenvalue weighted by Crippen LogP contribution is 2.35. The number of hydrogen-bond acceptors (Lipinski definition) is 5. The van der Waals surface area contributed by atoms with Crippen LogP contribution in [0.25, 0.3) is 22.7 Å². The van der Waals surface area contributed by atoms with Crippen molar-refractivity contribution >= 4 is 21.0 Å². The number of aromatic nitrogens is 4. The van der Waals surface area contributed by atoms with Gasteiger partial charge in [0.05, 0.1) is 16.2 Å². The lowest BCUT2D eigenvalue weighted by Crippen LogP contribution is -2.20. The molecule has 0 saturated carbocycles. The van der Waals surface area contributed by atoms with E-state index < -0.39 is 56.5 Å². The molecule has 3 heterocycles. The summed E-state index contributed by atoms with van der Waals surface area (Å²) in [7, 11) is -4.28. The van der Waals surface area contributed by atoms with Gasteiger partial charge in [-0.05, 0) is 24.6 Å². The summed E-state index contributed by atoms with van der Waals surface area (Å²) in [6.45, 7) is 1.24. The van der Waals surface area contributed by atoms with Crippen molar-refractivity contribution in [2.75, 3.05) is 5.75 Å². The predicted molar refractivity (Wildman–Crippen MR) is 94.3 cm³/mol. The van der Waals surface area contributed by atoms with Gasteiger partial charge in [-0.15, -0.1) is 0 Å². The van der Waals surface area contributed by atoms with Crippen molar-refractivity contribution in [3.8, 4) is 11.5 Å². The normalized spacial score (nSPS) is 13.2. The molecule has 0 radical (unpaired) electrons. The van der Waals surface area contributed by atoms with E-state index in [9.17, 15) is 34.8 Å². The summed E-state index contributed by atoms with van der Waals surface area (Å²) < 4.78 is 104. The van der Waals surface area contributed by atoms with E-state index in [0.717, 1.165) is 0 Å². The lowest BCUT2D eigenvalue weighted by Gasteiger charge is -2.15. The Bertz CT molecular complexity index is 1220. The molecule has 0 aliphatic rings. The van der Waals surface area contributed by atoms with E-state index >= 15 is 0 Å². The molecule has 3 aromatic rings. The average Bonchev–Trinajstić information content (AvgIpc) is 2.96. The minimum absolute atomic E-state index is 0.0239. The SMILES string of the molecule is CCS(=O)(=O)c1cc(C(F)(F)F)cnc1-c1nc2cc(C)cnc2n1CC(F)(F)F. The number of alkyl halides is 6. The first-order valence-corrected chi connectivity index (χ1v) is 10.1. The Morgan fingerprint density at radius 3 is 2.27 bits per heavy atom. The van der Waals surface area contributed by atoms with Gasteiger partial charge in [0.15, 0.2) is 21.3 Å². The van der Waals surface area contributed by atoms with Crippen LogP contribution in [0.2, 0.25) is 0 Å². The standard InChI is InChI=1S/C17H14F6N4O2S/c1-3-30(28,29)12-5-10(17(21,22)23)7-24-13(12)15-26-11-4-9(2)6-25-14(11)27(15)8-16(18,19)20/h4-7H,3,8H2,1-2H3. The molecule has 0 amide bonds. The zero-order chi connectivity index (χ0) is 22.5. The Morgan fingerprint density at radius 2 is 1.70 bits per heavy atom. The Balaban J connectivity index is 2.38. The summed E-state index contributed by atoms with van der Waals surface area (Å²) in [6, 6.07) is 1.79. The number of halogens is 6. The Kier molecular flexibility index (Phi) is 5.29. The highest BCUT2D eigenvalue weighted by atomic mass is 32.2. The van der Waals surface area contributed by atoms with Crippen molar-refractivity contribution in [2.45, 2.75) is 37.6 Å². The molecule has 162 valence electrons. The molecular weight excluding hydrogens is 438 g/mol. The van der Waals surface area contributed by atoms with Crippen molar-refractivity contribution in [1.82, 2.24) is 19.5 Å². The van der Waals surface area contributed by atoms with E-state index in [1.807, 2.05) is 0 Å². The predicted octanol–water partition coefficient (Wildman–Crippen LogP) is 4.18. The molecular formula is C17H14F6N4O2S. The summed E-state index contributed by atoms with van der Waals surface area (Å²) in [6.07, 6.45) is -7.97. The molecule has 0 unspecified atom stereocenters. The molecule has 0 spiro atoms. The van der Waals surface area contributed by atoms with Crippen molar-refractivity contribution in [3.63, 3.8) is 0 Å². The second-order valence-electron chi connectivity index (χ2n) is 6.46. The van der Waals surface area contributed by atoms with Gasteiger partial charge in [-0.25, -0.2) is 18.4 Å². The quantitative estimate of drug-likeness (QED) is 0.555. The van der Waals surface area contributed by atoms with E-state index in [4.69, 9.17) is 0 Å². The molecule has 0 bridgehead atoms. The van der Waals surface area contributed by atoms with Gasteiger partial charge in [-0.1, -0.05) is 6.92 Å². The third kappa shape index (κ3) is 4.25. The monoisotopic (exact) mass is 452 g/mol. The topological polar surface area (TPSA) is 77.7 Å². The number of pyridine rings is 2. The van der Waals surface area contributed by atoms with E-state index in [2.05, 4.69) is 15.0 Å². The molecule has 0 aliphatic heterocycles.